The summed E-state index contributed by atoms with van der Waals surface area (Å²) in [6, 6.07) is 6.13. The highest BCUT2D eigenvalue weighted by Gasteiger charge is 2.28. The molecule has 2 aliphatic heterocycles. The van der Waals surface area contributed by atoms with Gasteiger partial charge in [-0.2, -0.15) is 4.31 Å². The summed E-state index contributed by atoms with van der Waals surface area (Å²) in [5, 5.41) is 2.95. The van der Waals surface area contributed by atoms with Crippen molar-refractivity contribution in [3.05, 3.63) is 29.8 Å². The Bertz CT molecular complexity index is 813. The van der Waals surface area contributed by atoms with E-state index in [-0.39, 0.29) is 22.9 Å². The second kappa shape index (κ2) is 8.91. The third-order valence-corrected chi connectivity index (χ3v) is 7.05. The quantitative estimate of drug-likeness (QED) is 0.800. The summed E-state index contributed by atoms with van der Waals surface area (Å²) in [4.78, 5) is 26.1. The smallest absolute Gasteiger partial charge is 0.409 e. The van der Waals surface area contributed by atoms with Crippen LogP contribution in [0.2, 0.25) is 0 Å². The summed E-state index contributed by atoms with van der Waals surface area (Å²) in [5.41, 5.74) is 0.327. The SMILES string of the molecule is CCOC(=O)N1CCC(NC(=O)c2cccc(S(=O)(=O)N3CCCC3)c2)CC1. The number of piperidine rings is 1. The van der Waals surface area contributed by atoms with Crippen LogP contribution in [0.25, 0.3) is 0 Å². The van der Waals surface area contributed by atoms with Gasteiger partial charge in [-0.25, -0.2) is 13.2 Å². The molecule has 1 aromatic rings. The number of carbonyl (C=O) groups is 2. The molecule has 3 rings (SSSR count). The highest BCUT2D eigenvalue weighted by molar-refractivity contribution is 7.89. The van der Waals surface area contributed by atoms with Gasteiger partial charge in [-0.3, -0.25) is 4.79 Å². The number of hydrogen-bond acceptors (Lipinski definition) is 5. The lowest BCUT2D eigenvalue weighted by Gasteiger charge is -2.31. The van der Waals surface area contributed by atoms with Crippen molar-refractivity contribution >= 4 is 22.0 Å². The van der Waals surface area contributed by atoms with E-state index < -0.39 is 10.0 Å². The first kappa shape index (κ1) is 20.6. The van der Waals surface area contributed by atoms with E-state index in [1.807, 2.05) is 0 Å². The molecule has 9 heteroatoms. The van der Waals surface area contributed by atoms with Crippen LogP contribution in [0.4, 0.5) is 4.79 Å². The van der Waals surface area contributed by atoms with Crippen molar-refractivity contribution in [2.45, 2.75) is 43.5 Å². The van der Waals surface area contributed by atoms with Gasteiger partial charge >= 0.3 is 6.09 Å². The lowest BCUT2D eigenvalue weighted by Crippen LogP contribution is -2.46. The molecule has 154 valence electrons. The Morgan fingerprint density at radius 3 is 2.46 bits per heavy atom. The molecular formula is C19H27N3O5S. The van der Waals surface area contributed by atoms with Crippen molar-refractivity contribution in [1.29, 1.82) is 0 Å². The van der Waals surface area contributed by atoms with Crippen molar-refractivity contribution in [2.75, 3.05) is 32.8 Å². The van der Waals surface area contributed by atoms with Crippen molar-refractivity contribution in [3.8, 4) is 0 Å². The van der Waals surface area contributed by atoms with Gasteiger partial charge in [0.05, 0.1) is 11.5 Å². The minimum absolute atomic E-state index is 0.0583. The molecule has 2 fully saturated rings. The van der Waals surface area contributed by atoms with Crippen LogP contribution in [0, 0.1) is 0 Å². The number of hydrogen-bond donors (Lipinski definition) is 1. The number of sulfonamides is 1. The predicted molar refractivity (Wildman–Crippen MR) is 104 cm³/mol. The number of likely N-dealkylation sites (tertiary alicyclic amines) is 1. The minimum atomic E-state index is -3.55. The van der Waals surface area contributed by atoms with Crippen LogP contribution in [0.3, 0.4) is 0 Å². The van der Waals surface area contributed by atoms with E-state index in [4.69, 9.17) is 4.74 Å². The fourth-order valence-electron chi connectivity index (χ4n) is 3.57. The van der Waals surface area contributed by atoms with Crippen LogP contribution in [0.1, 0.15) is 43.0 Å². The number of amides is 2. The second-order valence-electron chi connectivity index (χ2n) is 7.07. The first-order valence-electron chi connectivity index (χ1n) is 9.74. The van der Waals surface area contributed by atoms with E-state index in [2.05, 4.69) is 5.32 Å². The summed E-state index contributed by atoms with van der Waals surface area (Å²) >= 11 is 0. The van der Waals surface area contributed by atoms with E-state index in [0.29, 0.717) is 51.2 Å². The third-order valence-electron chi connectivity index (χ3n) is 5.16. The maximum absolute atomic E-state index is 12.7. The Labute approximate surface area is 165 Å². The molecule has 8 nitrogen and oxygen atoms in total. The van der Waals surface area contributed by atoms with Gasteiger partial charge in [0.2, 0.25) is 10.0 Å². The zero-order valence-electron chi connectivity index (χ0n) is 16.1. The molecule has 0 aromatic heterocycles. The Hall–Kier alpha value is -2.13. The third kappa shape index (κ3) is 4.64. The molecule has 0 atom stereocenters. The zero-order chi connectivity index (χ0) is 20.1. The van der Waals surface area contributed by atoms with Crippen LogP contribution >= 0.6 is 0 Å². The van der Waals surface area contributed by atoms with Crippen molar-refractivity contribution in [1.82, 2.24) is 14.5 Å². The predicted octanol–water partition coefficient (Wildman–Crippen LogP) is 1.82. The van der Waals surface area contributed by atoms with Gasteiger partial charge in [-0.15, -0.1) is 0 Å². The Balaban J connectivity index is 1.60. The molecule has 2 amide bonds. The topological polar surface area (TPSA) is 96.0 Å². The molecule has 0 radical (unpaired) electrons. The molecule has 1 aromatic carbocycles. The number of nitrogens with one attached hydrogen (secondary N) is 1. The number of carbonyl (C=O) groups excluding carboxylic acids is 2. The van der Waals surface area contributed by atoms with Crippen molar-refractivity contribution in [2.24, 2.45) is 0 Å². The highest BCUT2D eigenvalue weighted by atomic mass is 32.2. The summed E-state index contributed by atoms with van der Waals surface area (Å²) in [5.74, 6) is -0.298. The number of rotatable bonds is 5. The first-order chi connectivity index (χ1) is 13.4. The first-order valence-corrected chi connectivity index (χ1v) is 11.2. The Morgan fingerprint density at radius 2 is 1.82 bits per heavy atom. The fraction of sp³-hybridized carbons (Fsp3) is 0.579. The lowest BCUT2D eigenvalue weighted by molar-refractivity contribution is 0.0860. The van der Waals surface area contributed by atoms with Gasteiger partial charge in [0.1, 0.15) is 0 Å². The van der Waals surface area contributed by atoms with Crippen molar-refractivity contribution < 1.29 is 22.7 Å². The van der Waals surface area contributed by atoms with Crippen LogP contribution in [-0.4, -0.2) is 68.5 Å². The zero-order valence-corrected chi connectivity index (χ0v) is 16.9. The van der Waals surface area contributed by atoms with Crippen LogP contribution in [0.5, 0.6) is 0 Å². The minimum Gasteiger partial charge on any atom is -0.450 e. The van der Waals surface area contributed by atoms with Gasteiger partial charge in [0, 0.05) is 37.8 Å². The summed E-state index contributed by atoms with van der Waals surface area (Å²) < 4.78 is 31.9. The molecule has 0 spiro atoms. The standard InChI is InChI=1S/C19H27N3O5S/c1-2-27-19(24)21-12-8-16(9-13-21)20-18(23)15-6-5-7-17(14-15)28(25,26)22-10-3-4-11-22/h5-7,14,16H,2-4,8-13H2,1H3,(H,20,23). The summed E-state index contributed by atoms with van der Waals surface area (Å²) in [7, 11) is -3.55. The molecule has 0 saturated carbocycles. The summed E-state index contributed by atoms with van der Waals surface area (Å²) in [6.07, 6.45) is 2.67. The molecular weight excluding hydrogens is 382 g/mol. The molecule has 0 bridgehead atoms. The fourth-order valence-corrected chi connectivity index (χ4v) is 5.13. The lowest BCUT2D eigenvalue weighted by atomic mass is 10.0. The molecule has 0 aliphatic carbocycles. The van der Waals surface area contributed by atoms with E-state index in [1.54, 1.807) is 24.0 Å². The molecule has 28 heavy (non-hydrogen) atoms. The van der Waals surface area contributed by atoms with Crippen LogP contribution < -0.4 is 5.32 Å². The maximum Gasteiger partial charge on any atom is 0.409 e. The van der Waals surface area contributed by atoms with Crippen LogP contribution in [0.15, 0.2) is 29.2 Å². The number of benzene rings is 1. The highest BCUT2D eigenvalue weighted by Crippen LogP contribution is 2.22. The Kier molecular flexibility index (Phi) is 6.56. The Morgan fingerprint density at radius 1 is 1.14 bits per heavy atom. The van der Waals surface area contributed by atoms with Gasteiger partial charge in [0.15, 0.2) is 0 Å². The molecule has 0 unspecified atom stereocenters. The summed E-state index contributed by atoms with van der Waals surface area (Å²) in [6.45, 7) is 4.20. The number of nitrogens with zero attached hydrogens (tertiary/aromatic N) is 2. The second-order valence-corrected chi connectivity index (χ2v) is 9.01. The van der Waals surface area contributed by atoms with Gasteiger partial charge in [-0.1, -0.05) is 6.07 Å². The normalized spacial score (nSPS) is 18.8. The van der Waals surface area contributed by atoms with E-state index in [1.165, 1.54) is 16.4 Å². The van der Waals surface area contributed by atoms with E-state index >= 15 is 0 Å². The van der Waals surface area contributed by atoms with Gasteiger partial charge in [-0.05, 0) is 50.8 Å². The molecule has 2 saturated heterocycles. The monoisotopic (exact) mass is 409 g/mol. The van der Waals surface area contributed by atoms with Gasteiger partial charge < -0.3 is 15.0 Å². The van der Waals surface area contributed by atoms with Crippen molar-refractivity contribution in [3.63, 3.8) is 0 Å². The molecule has 2 aliphatic rings. The number of ether oxygens (including phenoxy) is 1. The largest absolute Gasteiger partial charge is 0.450 e. The van der Waals surface area contributed by atoms with E-state index in [9.17, 15) is 18.0 Å². The molecule has 1 N–H and O–H groups in total. The average molecular weight is 410 g/mol. The average Bonchev–Trinajstić information content (AvgIpc) is 3.24. The molecule has 2 heterocycles. The van der Waals surface area contributed by atoms with E-state index in [0.717, 1.165) is 12.8 Å². The maximum atomic E-state index is 12.7. The van der Waals surface area contributed by atoms with Gasteiger partial charge in [0.25, 0.3) is 5.91 Å². The van der Waals surface area contributed by atoms with Crippen LogP contribution in [-0.2, 0) is 14.8 Å².